The van der Waals surface area contributed by atoms with Crippen LogP contribution in [0.1, 0.15) is 6.42 Å². The second-order valence-electron chi connectivity index (χ2n) is 6.95. The number of hydrogen-bond acceptors (Lipinski definition) is 5. The first kappa shape index (κ1) is 16.7. The number of carbonyl (C=O) groups excluding carboxylic acids is 1. The summed E-state index contributed by atoms with van der Waals surface area (Å²) in [5, 5.41) is 10.1. The van der Waals surface area contributed by atoms with Crippen molar-refractivity contribution in [2.75, 3.05) is 26.3 Å². The number of likely N-dealkylation sites (tertiary alicyclic amines) is 1. The molecule has 1 N–H and O–H groups in total. The number of rotatable bonds is 3. The molecule has 2 atom stereocenters. The number of fused-ring (bicyclic) bond motifs is 2. The topological polar surface area (TPSA) is 102 Å². The average molecular weight is 357 g/mol. The lowest BCUT2D eigenvalue weighted by Crippen LogP contribution is -2.45. The van der Waals surface area contributed by atoms with Crippen molar-refractivity contribution < 1.29 is 19.4 Å². The van der Waals surface area contributed by atoms with Crippen molar-refractivity contribution in [2.45, 2.75) is 13.0 Å². The third-order valence-electron chi connectivity index (χ3n) is 5.52. The van der Waals surface area contributed by atoms with Gasteiger partial charge in [-0.1, -0.05) is 12.1 Å². The van der Waals surface area contributed by atoms with Crippen LogP contribution < -0.4 is 5.56 Å². The van der Waals surface area contributed by atoms with Crippen LogP contribution in [0.5, 0.6) is 0 Å². The molecule has 0 bridgehead atoms. The minimum Gasteiger partial charge on any atom is -0.481 e. The predicted molar refractivity (Wildman–Crippen MR) is 91.6 cm³/mol. The SMILES string of the molecule is O=C(Cn1cnc2ccccc2c1=O)N1C[C@H]2COCC[C@@]2(C(=O)O)C1. The van der Waals surface area contributed by atoms with E-state index in [-0.39, 0.29) is 30.5 Å². The number of hydrogen-bond donors (Lipinski definition) is 1. The number of carboxylic acid groups (broad SMARTS) is 1. The molecular weight excluding hydrogens is 338 g/mol. The van der Waals surface area contributed by atoms with Crippen molar-refractivity contribution in [3.63, 3.8) is 0 Å². The Morgan fingerprint density at radius 1 is 1.35 bits per heavy atom. The van der Waals surface area contributed by atoms with Crippen LogP contribution in [0.25, 0.3) is 10.9 Å². The van der Waals surface area contributed by atoms with Crippen molar-refractivity contribution in [2.24, 2.45) is 11.3 Å². The fraction of sp³-hybridized carbons (Fsp3) is 0.444. The number of amides is 1. The molecule has 2 fully saturated rings. The van der Waals surface area contributed by atoms with E-state index in [0.29, 0.717) is 37.1 Å². The summed E-state index contributed by atoms with van der Waals surface area (Å²) in [6.45, 7) is 1.07. The van der Waals surface area contributed by atoms with E-state index in [1.807, 2.05) is 0 Å². The number of ether oxygens (including phenoxy) is 1. The molecule has 4 rings (SSSR count). The Bertz CT molecular complexity index is 940. The van der Waals surface area contributed by atoms with E-state index in [4.69, 9.17) is 4.74 Å². The van der Waals surface area contributed by atoms with Crippen molar-refractivity contribution in [3.05, 3.63) is 40.9 Å². The van der Waals surface area contributed by atoms with Gasteiger partial charge in [0.25, 0.3) is 5.56 Å². The van der Waals surface area contributed by atoms with Crippen molar-refractivity contribution >= 4 is 22.8 Å². The normalized spacial score (nSPS) is 25.2. The second kappa shape index (κ2) is 6.21. The van der Waals surface area contributed by atoms with Gasteiger partial charge in [-0.3, -0.25) is 19.0 Å². The molecule has 1 aromatic carbocycles. The number of nitrogens with zero attached hydrogens (tertiary/aromatic N) is 3. The van der Waals surface area contributed by atoms with Gasteiger partial charge in [0.15, 0.2) is 0 Å². The van der Waals surface area contributed by atoms with Crippen LogP contribution in [-0.2, 0) is 20.9 Å². The molecule has 26 heavy (non-hydrogen) atoms. The molecule has 0 unspecified atom stereocenters. The standard InChI is InChI=1S/C18H19N3O5/c22-15(8-21-11-19-14-4-2-1-3-13(14)16(21)23)20-7-12-9-26-6-5-18(12,10-20)17(24)25/h1-4,11-12H,5-10H2,(H,24,25)/t12-,18+/m0/s1. The van der Waals surface area contributed by atoms with E-state index in [1.54, 1.807) is 24.3 Å². The molecule has 0 radical (unpaired) electrons. The van der Waals surface area contributed by atoms with Gasteiger partial charge < -0.3 is 14.7 Å². The van der Waals surface area contributed by atoms with Crippen LogP contribution >= 0.6 is 0 Å². The number of aromatic nitrogens is 2. The molecule has 1 aromatic heterocycles. The molecule has 1 amide bonds. The van der Waals surface area contributed by atoms with Crippen molar-refractivity contribution in [1.29, 1.82) is 0 Å². The summed E-state index contributed by atoms with van der Waals surface area (Å²) in [7, 11) is 0. The monoisotopic (exact) mass is 357 g/mol. The summed E-state index contributed by atoms with van der Waals surface area (Å²) in [5.74, 6) is -1.38. The summed E-state index contributed by atoms with van der Waals surface area (Å²) in [5.41, 5.74) is -0.646. The average Bonchev–Trinajstić information content (AvgIpc) is 3.05. The van der Waals surface area contributed by atoms with E-state index in [2.05, 4.69) is 4.98 Å². The van der Waals surface area contributed by atoms with E-state index < -0.39 is 11.4 Å². The Kier molecular flexibility index (Phi) is 3.99. The number of benzene rings is 1. The second-order valence-corrected chi connectivity index (χ2v) is 6.95. The number of carboxylic acids is 1. The van der Waals surface area contributed by atoms with Gasteiger partial charge in [0, 0.05) is 25.6 Å². The van der Waals surface area contributed by atoms with Crippen LogP contribution in [0.4, 0.5) is 0 Å². The Morgan fingerprint density at radius 3 is 2.92 bits per heavy atom. The highest BCUT2D eigenvalue weighted by molar-refractivity contribution is 5.82. The molecule has 0 saturated carbocycles. The molecule has 2 saturated heterocycles. The molecule has 2 aliphatic rings. The van der Waals surface area contributed by atoms with Crippen molar-refractivity contribution in [1.82, 2.24) is 14.5 Å². The lowest BCUT2D eigenvalue weighted by atomic mass is 9.74. The van der Waals surface area contributed by atoms with Gasteiger partial charge >= 0.3 is 5.97 Å². The zero-order valence-electron chi connectivity index (χ0n) is 14.1. The zero-order valence-corrected chi connectivity index (χ0v) is 14.1. The molecule has 2 aromatic rings. The van der Waals surface area contributed by atoms with E-state index in [9.17, 15) is 19.5 Å². The fourth-order valence-electron chi connectivity index (χ4n) is 3.95. The summed E-state index contributed by atoms with van der Waals surface area (Å²) < 4.78 is 6.68. The van der Waals surface area contributed by atoms with Gasteiger partial charge in [-0.2, -0.15) is 0 Å². The molecule has 2 aliphatic heterocycles. The predicted octanol–water partition coefficient (Wildman–Crippen LogP) is 0.346. The third kappa shape index (κ3) is 2.57. The first-order chi connectivity index (χ1) is 12.5. The maximum Gasteiger partial charge on any atom is 0.311 e. The maximum atomic E-state index is 12.7. The molecule has 8 heteroatoms. The minimum atomic E-state index is -0.944. The molecule has 136 valence electrons. The summed E-state index contributed by atoms with van der Waals surface area (Å²) in [4.78, 5) is 42.8. The molecule has 8 nitrogen and oxygen atoms in total. The fourth-order valence-corrected chi connectivity index (χ4v) is 3.95. The van der Waals surface area contributed by atoms with Crippen LogP contribution in [-0.4, -0.2) is 57.7 Å². The van der Waals surface area contributed by atoms with Crippen LogP contribution in [0.2, 0.25) is 0 Å². The quantitative estimate of drug-likeness (QED) is 0.850. The van der Waals surface area contributed by atoms with Crippen molar-refractivity contribution in [3.8, 4) is 0 Å². The number of para-hydroxylation sites is 1. The highest BCUT2D eigenvalue weighted by Gasteiger charge is 2.54. The zero-order chi connectivity index (χ0) is 18.3. The Hall–Kier alpha value is -2.74. The van der Waals surface area contributed by atoms with E-state index >= 15 is 0 Å². The van der Waals surface area contributed by atoms with Gasteiger partial charge in [0.05, 0.1) is 29.3 Å². The highest BCUT2D eigenvalue weighted by Crippen LogP contribution is 2.42. The van der Waals surface area contributed by atoms with Crippen LogP contribution in [0.3, 0.4) is 0 Å². The highest BCUT2D eigenvalue weighted by atomic mass is 16.5. The van der Waals surface area contributed by atoms with Gasteiger partial charge in [0.1, 0.15) is 6.54 Å². The van der Waals surface area contributed by atoms with Gasteiger partial charge in [-0.25, -0.2) is 4.98 Å². The van der Waals surface area contributed by atoms with E-state index in [0.717, 1.165) is 0 Å². The molecule has 0 spiro atoms. The van der Waals surface area contributed by atoms with Crippen LogP contribution in [0.15, 0.2) is 35.4 Å². The smallest absolute Gasteiger partial charge is 0.311 e. The largest absolute Gasteiger partial charge is 0.481 e. The summed E-state index contributed by atoms with van der Waals surface area (Å²) in [6, 6.07) is 6.96. The lowest BCUT2D eigenvalue weighted by molar-refractivity contribution is -0.157. The Balaban J connectivity index is 1.57. The summed E-state index contributed by atoms with van der Waals surface area (Å²) in [6.07, 6.45) is 1.76. The number of aliphatic carboxylic acids is 1. The first-order valence-electron chi connectivity index (χ1n) is 8.54. The van der Waals surface area contributed by atoms with Gasteiger partial charge in [-0.15, -0.1) is 0 Å². The third-order valence-corrected chi connectivity index (χ3v) is 5.52. The molecule has 0 aliphatic carbocycles. The first-order valence-corrected chi connectivity index (χ1v) is 8.54. The lowest BCUT2D eigenvalue weighted by Gasteiger charge is -2.33. The number of carbonyl (C=O) groups is 2. The van der Waals surface area contributed by atoms with Crippen LogP contribution in [0, 0.1) is 11.3 Å². The summed E-state index contributed by atoms with van der Waals surface area (Å²) >= 11 is 0. The Labute approximate surface area is 149 Å². The molecule has 3 heterocycles. The molecular formula is C18H19N3O5. The van der Waals surface area contributed by atoms with E-state index in [1.165, 1.54) is 15.8 Å². The Morgan fingerprint density at radius 2 is 2.15 bits per heavy atom. The maximum absolute atomic E-state index is 12.7. The minimum absolute atomic E-state index is 0.153. The van der Waals surface area contributed by atoms with Gasteiger partial charge in [-0.05, 0) is 18.6 Å². The van der Waals surface area contributed by atoms with Gasteiger partial charge in [0.2, 0.25) is 5.91 Å².